The molecular weight excluding hydrogens is 216 g/mol. The zero-order chi connectivity index (χ0) is 12.1. The highest BCUT2D eigenvalue weighted by atomic mass is 16.4. The summed E-state index contributed by atoms with van der Waals surface area (Å²) in [4.78, 5) is 2.26. The summed E-state index contributed by atoms with van der Waals surface area (Å²) in [5.74, 6) is 0.664. The van der Waals surface area contributed by atoms with E-state index in [0.29, 0.717) is 24.5 Å². The molecule has 0 saturated heterocycles. The van der Waals surface area contributed by atoms with E-state index in [1.54, 1.807) is 0 Å². The second kappa shape index (κ2) is 6.00. The van der Waals surface area contributed by atoms with Gasteiger partial charge in [0, 0.05) is 12.6 Å². The molecule has 0 radical (unpaired) electrons. The maximum atomic E-state index is 5.67. The van der Waals surface area contributed by atoms with Gasteiger partial charge in [-0.15, -0.1) is 5.10 Å². The number of nitrogens with one attached hydrogen (secondary N) is 1. The summed E-state index contributed by atoms with van der Waals surface area (Å²) in [5, 5.41) is 11.2. The Labute approximate surface area is 103 Å². The molecule has 0 atom stereocenters. The average Bonchev–Trinajstić information content (AvgIpc) is 2.81. The van der Waals surface area contributed by atoms with Crippen LogP contribution in [0.15, 0.2) is 4.42 Å². The molecule has 1 aliphatic rings. The topological polar surface area (TPSA) is 54.2 Å². The van der Waals surface area contributed by atoms with Crippen LogP contribution in [0.1, 0.15) is 44.9 Å². The Morgan fingerprint density at radius 3 is 2.71 bits per heavy atom. The standard InChI is InChI=1S/C12H22N4O/c1-3-16(10-7-5-4-6-8-10)12-15-14-11(17-12)9-13-2/h10,13H,3-9H2,1-2H3. The molecule has 2 rings (SSSR count). The molecule has 1 aromatic rings. The van der Waals surface area contributed by atoms with Crippen molar-refractivity contribution in [1.29, 1.82) is 0 Å². The minimum Gasteiger partial charge on any atom is -0.407 e. The van der Waals surface area contributed by atoms with Gasteiger partial charge in [-0.2, -0.15) is 0 Å². The molecule has 0 spiro atoms. The highest BCUT2D eigenvalue weighted by Gasteiger charge is 2.23. The lowest BCUT2D eigenvalue weighted by Gasteiger charge is -2.31. The lowest BCUT2D eigenvalue weighted by Crippen LogP contribution is -2.36. The van der Waals surface area contributed by atoms with Crippen LogP contribution in [0.2, 0.25) is 0 Å². The Balaban J connectivity index is 2.04. The maximum absolute atomic E-state index is 5.67. The smallest absolute Gasteiger partial charge is 0.318 e. The predicted molar refractivity (Wildman–Crippen MR) is 67.0 cm³/mol. The van der Waals surface area contributed by atoms with Crippen molar-refractivity contribution in [3.8, 4) is 0 Å². The molecule has 5 nitrogen and oxygen atoms in total. The number of nitrogens with zero attached hydrogens (tertiary/aromatic N) is 3. The van der Waals surface area contributed by atoms with Gasteiger partial charge >= 0.3 is 6.01 Å². The SMILES string of the molecule is CCN(c1nnc(CNC)o1)C1CCCCC1. The number of aromatic nitrogens is 2. The van der Waals surface area contributed by atoms with Crippen molar-refractivity contribution in [2.75, 3.05) is 18.5 Å². The van der Waals surface area contributed by atoms with Crippen LogP contribution in [0.5, 0.6) is 0 Å². The van der Waals surface area contributed by atoms with E-state index in [1.807, 2.05) is 7.05 Å². The zero-order valence-electron chi connectivity index (χ0n) is 10.8. The summed E-state index contributed by atoms with van der Waals surface area (Å²) in [6.45, 7) is 3.72. The van der Waals surface area contributed by atoms with Crippen LogP contribution in [0.3, 0.4) is 0 Å². The van der Waals surface area contributed by atoms with E-state index in [-0.39, 0.29) is 0 Å². The third-order valence-electron chi connectivity index (χ3n) is 3.39. The highest BCUT2D eigenvalue weighted by molar-refractivity contribution is 5.26. The first-order valence-corrected chi connectivity index (χ1v) is 6.58. The first-order valence-electron chi connectivity index (χ1n) is 6.58. The first kappa shape index (κ1) is 12.4. The van der Waals surface area contributed by atoms with Crippen LogP contribution >= 0.6 is 0 Å². The van der Waals surface area contributed by atoms with Crippen LogP contribution in [0, 0.1) is 0 Å². The normalized spacial score (nSPS) is 17.3. The summed E-state index contributed by atoms with van der Waals surface area (Å²) in [6, 6.07) is 1.27. The third-order valence-corrected chi connectivity index (χ3v) is 3.39. The molecule has 5 heteroatoms. The molecule has 0 bridgehead atoms. The van der Waals surface area contributed by atoms with Gasteiger partial charge in [0.2, 0.25) is 5.89 Å². The zero-order valence-corrected chi connectivity index (χ0v) is 10.8. The van der Waals surface area contributed by atoms with Crippen molar-refractivity contribution in [3.05, 3.63) is 5.89 Å². The van der Waals surface area contributed by atoms with E-state index >= 15 is 0 Å². The Morgan fingerprint density at radius 2 is 2.06 bits per heavy atom. The van der Waals surface area contributed by atoms with Crippen molar-refractivity contribution >= 4 is 6.01 Å². The fraction of sp³-hybridized carbons (Fsp3) is 0.833. The first-order chi connectivity index (χ1) is 8.35. The maximum Gasteiger partial charge on any atom is 0.318 e. The number of anilines is 1. The van der Waals surface area contributed by atoms with E-state index in [4.69, 9.17) is 4.42 Å². The summed E-state index contributed by atoms with van der Waals surface area (Å²) < 4.78 is 5.67. The molecule has 1 heterocycles. The van der Waals surface area contributed by atoms with Crippen molar-refractivity contribution in [3.63, 3.8) is 0 Å². The molecular formula is C12H22N4O. The van der Waals surface area contributed by atoms with Crippen LogP contribution in [-0.4, -0.2) is 29.8 Å². The summed E-state index contributed by atoms with van der Waals surface area (Å²) in [5.41, 5.74) is 0. The number of hydrogen-bond donors (Lipinski definition) is 1. The van der Waals surface area contributed by atoms with Crippen molar-refractivity contribution in [2.45, 2.75) is 51.6 Å². The van der Waals surface area contributed by atoms with E-state index in [2.05, 4.69) is 27.3 Å². The Bertz CT molecular complexity index is 333. The lowest BCUT2D eigenvalue weighted by atomic mass is 9.94. The van der Waals surface area contributed by atoms with Crippen LogP contribution < -0.4 is 10.2 Å². The van der Waals surface area contributed by atoms with Crippen molar-refractivity contribution in [2.24, 2.45) is 0 Å². The Hall–Kier alpha value is -1.10. The van der Waals surface area contributed by atoms with E-state index in [9.17, 15) is 0 Å². The highest BCUT2D eigenvalue weighted by Crippen LogP contribution is 2.26. The minimum absolute atomic E-state index is 0.580. The Kier molecular flexibility index (Phi) is 4.36. The number of rotatable bonds is 5. The molecule has 0 aromatic carbocycles. The molecule has 0 amide bonds. The molecule has 1 N–H and O–H groups in total. The van der Waals surface area contributed by atoms with E-state index < -0.39 is 0 Å². The predicted octanol–water partition coefficient (Wildman–Crippen LogP) is 1.95. The van der Waals surface area contributed by atoms with E-state index in [1.165, 1.54) is 32.1 Å². The minimum atomic E-state index is 0.580. The van der Waals surface area contributed by atoms with Gasteiger partial charge in [-0.3, -0.25) is 0 Å². The third kappa shape index (κ3) is 2.97. The van der Waals surface area contributed by atoms with Crippen LogP contribution in [0.4, 0.5) is 6.01 Å². The van der Waals surface area contributed by atoms with Gasteiger partial charge in [-0.25, -0.2) is 0 Å². The van der Waals surface area contributed by atoms with Crippen molar-refractivity contribution < 1.29 is 4.42 Å². The fourth-order valence-corrected chi connectivity index (χ4v) is 2.53. The van der Waals surface area contributed by atoms with Gasteiger partial charge in [0.1, 0.15) is 0 Å². The van der Waals surface area contributed by atoms with Gasteiger partial charge in [0.05, 0.1) is 6.54 Å². The quantitative estimate of drug-likeness (QED) is 0.849. The molecule has 1 aromatic heterocycles. The summed E-state index contributed by atoms with van der Waals surface area (Å²) in [7, 11) is 1.88. The molecule has 96 valence electrons. The Morgan fingerprint density at radius 1 is 1.29 bits per heavy atom. The molecule has 1 saturated carbocycles. The van der Waals surface area contributed by atoms with Gasteiger partial charge in [-0.05, 0) is 26.8 Å². The molecule has 1 aliphatic carbocycles. The largest absolute Gasteiger partial charge is 0.407 e. The molecule has 1 fully saturated rings. The van der Waals surface area contributed by atoms with Crippen LogP contribution in [-0.2, 0) is 6.54 Å². The van der Waals surface area contributed by atoms with Gasteiger partial charge in [0.25, 0.3) is 0 Å². The second-order valence-electron chi connectivity index (χ2n) is 4.59. The van der Waals surface area contributed by atoms with Gasteiger partial charge in [0.15, 0.2) is 0 Å². The van der Waals surface area contributed by atoms with E-state index in [0.717, 1.165) is 6.54 Å². The molecule has 0 aliphatic heterocycles. The average molecular weight is 238 g/mol. The monoisotopic (exact) mass is 238 g/mol. The van der Waals surface area contributed by atoms with Crippen molar-refractivity contribution in [1.82, 2.24) is 15.5 Å². The summed E-state index contributed by atoms with van der Waals surface area (Å²) in [6.07, 6.45) is 6.50. The number of hydrogen-bond acceptors (Lipinski definition) is 5. The molecule has 0 unspecified atom stereocenters. The fourth-order valence-electron chi connectivity index (χ4n) is 2.53. The van der Waals surface area contributed by atoms with Gasteiger partial charge in [-0.1, -0.05) is 24.4 Å². The van der Waals surface area contributed by atoms with Crippen LogP contribution in [0.25, 0.3) is 0 Å². The second-order valence-corrected chi connectivity index (χ2v) is 4.59. The molecule has 17 heavy (non-hydrogen) atoms. The lowest BCUT2D eigenvalue weighted by molar-refractivity contribution is 0.387. The van der Waals surface area contributed by atoms with Gasteiger partial charge < -0.3 is 14.6 Å². The summed E-state index contributed by atoms with van der Waals surface area (Å²) >= 11 is 0.